The summed E-state index contributed by atoms with van der Waals surface area (Å²) in [5.41, 5.74) is 0. The molecule has 0 nitrogen and oxygen atoms in total. The van der Waals surface area contributed by atoms with E-state index >= 15 is 0 Å². The molecule has 0 saturated heterocycles. The van der Waals surface area contributed by atoms with Crippen molar-refractivity contribution in [3.63, 3.8) is 0 Å². The molecule has 0 N–H and O–H groups in total. The van der Waals surface area contributed by atoms with Crippen LogP contribution in [-0.2, 0) is 0 Å². The van der Waals surface area contributed by atoms with Gasteiger partial charge in [0.15, 0.2) is 0 Å². The fourth-order valence-electron chi connectivity index (χ4n) is 0.342. The van der Waals surface area contributed by atoms with E-state index in [0.29, 0.717) is 0 Å². The van der Waals surface area contributed by atoms with Gasteiger partial charge in [-0.3, -0.25) is 0 Å². The van der Waals surface area contributed by atoms with Crippen LogP contribution in [0.15, 0.2) is 30.3 Å². The maximum absolute atomic E-state index is 3.25. The molecule has 0 saturated carbocycles. The maximum atomic E-state index is 3.25. The molecule has 0 fully saturated rings. The second-order valence-corrected chi connectivity index (χ2v) is 1.08. The van der Waals surface area contributed by atoms with Gasteiger partial charge in [0.1, 0.15) is 0 Å². The van der Waals surface area contributed by atoms with Gasteiger partial charge in [-0.05, 0) is 0 Å². The molecule has 1 heteroatoms. The number of hydrogen-bond acceptors (Lipinski definition) is 0. The molecule has 0 unspecified atom stereocenters. The predicted molar refractivity (Wildman–Crippen MR) is 42.1 cm³/mol. The van der Waals surface area contributed by atoms with Gasteiger partial charge in [0.2, 0.25) is 0 Å². The van der Waals surface area contributed by atoms with Gasteiger partial charge in [-0.1, -0.05) is 0 Å². The van der Waals surface area contributed by atoms with Gasteiger partial charge in [0.25, 0.3) is 0 Å². The standard InChI is InChI=1S/C6H5.C2H5.Mg/c1-2-4-6-5-3-1;1-2;/h1-5H;1H2,2H3;/q2*-1;+2. The van der Waals surface area contributed by atoms with E-state index in [1.807, 2.05) is 30.3 Å². The Morgan fingerprint density at radius 3 is 1.56 bits per heavy atom. The summed E-state index contributed by atoms with van der Waals surface area (Å²) in [5.74, 6) is 0. The van der Waals surface area contributed by atoms with Gasteiger partial charge in [-0.15, -0.1) is 0 Å². The van der Waals surface area contributed by atoms with E-state index in [9.17, 15) is 0 Å². The van der Waals surface area contributed by atoms with Crippen LogP contribution >= 0.6 is 0 Å². The molecule has 0 aliphatic heterocycles. The third kappa shape index (κ3) is 7.99. The Labute approximate surface area is 73.4 Å². The van der Waals surface area contributed by atoms with E-state index in [1.54, 1.807) is 6.92 Å². The van der Waals surface area contributed by atoms with Crippen molar-refractivity contribution < 1.29 is 0 Å². The Hall–Kier alpha value is -0.0138. The summed E-state index contributed by atoms with van der Waals surface area (Å²) in [6.45, 7) is 5.00. The summed E-state index contributed by atoms with van der Waals surface area (Å²) in [7, 11) is 0. The Morgan fingerprint density at radius 1 is 1.00 bits per heavy atom. The molecule has 0 atom stereocenters. The molecule has 1 rings (SSSR count). The van der Waals surface area contributed by atoms with Crippen molar-refractivity contribution in [3.05, 3.63) is 43.3 Å². The Kier molecular flexibility index (Phi) is 14.2. The first kappa shape index (κ1) is 11.7. The van der Waals surface area contributed by atoms with Gasteiger partial charge >= 0.3 is 23.1 Å². The molecular weight excluding hydrogens is 120 g/mol. The van der Waals surface area contributed by atoms with Crippen LogP contribution in [0.4, 0.5) is 0 Å². The van der Waals surface area contributed by atoms with E-state index < -0.39 is 0 Å². The molecule has 0 aliphatic rings. The summed E-state index contributed by atoms with van der Waals surface area (Å²) in [6, 6.07) is 12.5. The molecule has 0 amide bonds. The summed E-state index contributed by atoms with van der Waals surface area (Å²) in [5, 5.41) is 0. The molecule has 9 heavy (non-hydrogen) atoms. The van der Waals surface area contributed by atoms with Crippen molar-refractivity contribution in [3.8, 4) is 0 Å². The minimum absolute atomic E-state index is 0. The smallest absolute Gasteiger partial charge is 0.346 e. The van der Waals surface area contributed by atoms with Crippen molar-refractivity contribution in [2.45, 2.75) is 6.92 Å². The SMILES string of the molecule is [CH2-]C.[Mg+2].[c-]1ccccc1. The van der Waals surface area contributed by atoms with Crippen LogP contribution in [0.2, 0.25) is 0 Å². The molecule has 0 radical (unpaired) electrons. The summed E-state index contributed by atoms with van der Waals surface area (Å²) in [4.78, 5) is 0. The van der Waals surface area contributed by atoms with Crippen molar-refractivity contribution in [1.29, 1.82) is 0 Å². The topological polar surface area (TPSA) is 0 Å². The molecule has 44 valence electrons. The number of hydrogen-bond donors (Lipinski definition) is 0. The van der Waals surface area contributed by atoms with Crippen molar-refractivity contribution >= 4 is 23.1 Å². The largest absolute Gasteiger partial charge is 2.00 e. The first-order valence-electron chi connectivity index (χ1n) is 2.62. The molecular formula is C8H10Mg. The van der Waals surface area contributed by atoms with Crippen LogP contribution in [0.1, 0.15) is 6.92 Å². The molecule has 1 aromatic carbocycles. The average molecular weight is 130 g/mol. The third-order valence-electron chi connectivity index (χ3n) is 0.607. The summed E-state index contributed by atoms with van der Waals surface area (Å²) >= 11 is 0. The third-order valence-corrected chi connectivity index (χ3v) is 0.607. The minimum Gasteiger partial charge on any atom is -0.346 e. The number of benzene rings is 1. The quantitative estimate of drug-likeness (QED) is 0.372. The van der Waals surface area contributed by atoms with E-state index in [0.717, 1.165) is 0 Å². The van der Waals surface area contributed by atoms with Gasteiger partial charge < -0.3 is 6.92 Å². The van der Waals surface area contributed by atoms with Crippen LogP contribution in [0.3, 0.4) is 0 Å². The van der Waals surface area contributed by atoms with Crippen LogP contribution in [-0.4, -0.2) is 23.1 Å². The molecule has 0 spiro atoms. The Morgan fingerprint density at radius 2 is 1.44 bits per heavy atom. The van der Waals surface area contributed by atoms with Crippen molar-refractivity contribution in [1.82, 2.24) is 0 Å². The molecule has 0 aliphatic carbocycles. The summed E-state index contributed by atoms with van der Waals surface area (Å²) < 4.78 is 0. The van der Waals surface area contributed by atoms with Gasteiger partial charge in [-0.2, -0.15) is 43.3 Å². The number of rotatable bonds is 0. The predicted octanol–water partition coefficient (Wildman–Crippen LogP) is 1.95. The monoisotopic (exact) mass is 130 g/mol. The van der Waals surface area contributed by atoms with Crippen LogP contribution in [0.25, 0.3) is 0 Å². The average Bonchev–Trinajstić information content (AvgIpc) is 1.96. The Balaban J connectivity index is 0. The first-order chi connectivity index (χ1) is 4.00. The Bertz CT molecular complexity index is 76.5. The van der Waals surface area contributed by atoms with Crippen LogP contribution in [0, 0.1) is 13.0 Å². The van der Waals surface area contributed by atoms with Crippen molar-refractivity contribution in [2.24, 2.45) is 0 Å². The summed E-state index contributed by atoms with van der Waals surface area (Å²) in [6.07, 6.45) is 0. The normalized spacial score (nSPS) is 6.00. The maximum Gasteiger partial charge on any atom is 2.00 e. The second-order valence-electron chi connectivity index (χ2n) is 1.08. The zero-order valence-corrected chi connectivity index (χ0v) is 7.22. The van der Waals surface area contributed by atoms with Gasteiger partial charge in [-0.25, -0.2) is 0 Å². The fraction of sp³-hybridized carbons (Fsp3) is 0.125. The molecule has 0 heterocycles. The van der Waals surface area contributed by atoms with Crippen LogP contribution < -0.4 is 0 Å². The second kappa shape index (κ2) is 10.9. The van der Waals surface area contributed by atoms with Crippen LogP contribution in [0.5, 0.6) is 0 Å². The molecule has 1 aromatic rings. The zero-order valence-electron chi connectivity index (χ0n) is 5.80. The minimum atomic E-state index is 0. The van der Waals surface area contributed by atoms with Gasteiger partial charge in [0, 0.05) is 0 Å². The fourth-order valence-corrected chi connectivity index (χ4v) is 0.342. The van der Waals surface area contributed by atoms with E-state index in [2.05, 4.69) is 13.0 Å². The molecule has 0 bridgehead atoms. The molecule has 0 aromatic heterocycles. The van der Waals surface area contributed by atoms with E-state index in [-0.39, 0.29) is 23.1 Å². The zero-order chi connectivity index (χ0) is 6.24. The first-order valence-corrected chi connectivity index (χ1v) is 2.62. The van der Waals surface area contributed by atoms with Gasteiger partial charge in [0.05, 0.1) is 0 Å². The van der Waals surface area contributed by atoms with E-state index in [4.69, 9.17) is 0 Å². The van der Waals surface area contributed by atoms with E-state index in [1.165, 1.54) is 0 Å². The van der Waals surface area contributed by atoms with Crippen molar-refractivity contribution in [2.75, 3.05) is 0 Å².